The molecule has 1 unspecified atom stereocenters. The Labute approximate surface area is 141 Å². The zero-order valence-electron chi connectivity index (χ0n) is 17.8. The molecular formula is C20H20OSi. The topological polar surface area (TPSA) is 20.2 Å². The van der Waals surface area contributed by atoms with Crippen molar-refractivity contribution in [2.45, 2.75) is 25.7 Å². The normalized spacial score (nSPS) is 14.8. The van der Waals surface area contributed by atoms with Crippen LogP contribution in [0.3, 0.4) is 0 Å². The van der Waals surface area contributed by atoms with E-state index >= 15 is 0 Å². The van der Waals surface area contributed by atoms with Crippen molar-refractivity contribution in [2.75, 3.05) is 0 Å². The Kier molecular flexibility index (Phi) is 3.39. The van der Waals surface area contributed by atoms with Crippen molar-refractivity contribution in [1.29, 1.82) is 0 Å². The van der Waals surface area contributed by atoms with E-state index in [9.17, 15) is 5.11 Å². The van der Waals surface area contributed by atoms with E-state index in [4.69, 9.17) is 6.85 Å². The number of aliphatic hydroxyl groups is 1. The minimum atomic E-state index is -1.64. The second kappa shape index (κ2) is 7.14. The van der Waals surface area contributed by atoms with Gasteiger partial charge in [0.05, 0.1) is 6.85 Å². The first-order chi connectivity index (χ1) is 12.5. The fraction of sp³-hybridized carbons (Fsp3) is 0.200. The van der Waals surface area contributed by atoms with Crippen molar-refractivity contribution in [3.8, 4) is 23.3 Å². The minimum absolute atomic E-state index is 0.0709. The molecule has 1 N–H and O–H groups in total. The largest absolute Gasteiger partial charge is 0.376 e. The second-order valence-corrected chi connectivity index (χ2v) is 10.5. The van der Waals surface area contributed by atoms with Crippen LogP contribution in [0.1, 0.15) is 29.6 Å². The maximum absolute atomic E-state index is 10.4. The number of rotatable bonds is 1. The molecule has 0 saturated heterocycles. The molecule has 0 aliphatic heterocycles. The molecule has 0 spiro atoms. The van der Waals surface area contributed by atoms with E-state index in [0.29, 0.717) is 11.1 Å². The van der Waals surface area contributed by atoms with E-state index in [1.807, 2.05) is 0 Å². The Hall–Kier alpha value is -2.26. The molecule has 1 nitrogen and oxygen atoms in total. The number of hydrogen-bond acceptors (Lipinski definition) is 1. The fourth-order valence-corrected chi connectivity index (χ4v) is 2.22. The molecule has 2 aromatic rings. The molecule has 0 fully saturated rings. The Bertz CT molecular complexity index is 974. The lowest BCUT2D eigenvalue weighted by Gasteiger charge is -2.09. The van der Waals surface area contributed by atoms with Crippen LogP contribution in [0, 0.1) is 23.3 Å². The van der Waals surface area contributed by atoms with E-state index in [1.165, 1.54) is 0 Å². The van der Waals surface area contributed by atoms with Gasteiger partial charge >= 0.3 is 0 Å². The van der Waals surface area contributed by atoms with Crippen LogP contribution < -0.4 is 0 Å². The summed E-state index contributed by atoms with van der Waals surface area (Å²) in [4.78, 5) is 0. The van der Waals surface area contributed by atoms with Crippen LogP contribution in [0.4, 0.5) is 0 Å². The van der Waals surface area contributed by atoms with Crippen molar-refractivity contribution in [1.82, 2.24) is 0 Å². The third kappa shape index (κ3) is 4.93. The van der Waals surface area contributed by atoms with Crippen LogP contribution in [0.5, 0.6) is 0 Å². The first kappa shape index (κ1) is 10.5. The van der Waals surface area contributed by atoms with Crippen molar-refractivity contribution >= 4 is 8.07 Å². The van der Waals surface area contributed by atoms with Crippen molar-refractivity contribution < 1.29 is 12.0 Å². The quantitative estimate of drug-likeness (QED) is 0.623. The van der Waals surface area contributed by atoms with Gasteiger partial charge in [-0.1, -0.05) is 73.7 Å². The van der Waals surface area contributed by atoms with Gasteiger partial charge in [0.25, 0.3) is 0 Å². The minimum Gasteiger partial charge on any atom is -0.376 e. The summed E-state index contributed by atoms with van der Waals surface area (Å²) in [5.74, 6) is 8.37. The monoisotopic (exact) mass is 309 g/mol. The summed E-state index contributed by atoms with van der Waals surface area (Å²) in [6, 6.07) is 4.97. The number of hydrogen-bond donors (Lipinski definition) is 1. The molecule has 0 radical (unpaired) electrons. The standard InChI is InChI=1S/C20H20OSi/c1-22(2,3)16-15-20(21)19-12-8-7-11-18(19)14-13-17-9-5-4-6-10-17/h4-12,20-21H,1-3H3/i4D,5D,6D,9D,10D. The average molecular weight is 309 g/mol. The van der Waals surface area contributed by atoms with Crippen LogP contribution in [-0.4, -0.2) is 13.2 Å². The first-order valence-corrected chi connectivity index (χ1v) is 10.4. The third-order valence-electron chi connectivity index (χ3n) is 2.66. The van der Waals surface area contributed by atoms with Crippen LogP contribution in [0.25, 0.3) is 0 Å². The summed E-state index contributed by atoms with van der Waals surface area (Å²) in [6.45, 7) is 6.24. The molecule has 0 aliphatic rings. The predicted octanol–water partition coefficient (Wildman–Crippen LogP) is 4.00. The lowest BCUT2D eigenvalue weighted by molar-refractivity contribution is 0.238. The van der Waals surface area contributed by atoms with Crippen LogP contribution >= 0.6 is 0 Å². The Balaban J connectivity index is 2.52. The van der Waals surface area contributed by atoms with Gasteiger partial charge in [0, 0.05) is 16.7 Å². The lowest BCUT2D eigenvalue weighted by Crippen LogP contribution is -2.17. The zero-order chi connectivity index (χ0) is 20.4. The molecule has 0 aliphatic carbocycles. The van der Waals surface area contributed by atoms with Gasteiger partial charge < -0.3 is 5.11 Å². The van der Waals surface area contributed by atoms with Crippen LogP contribution in [0.2, 0.25) is 19.6 Å². The molecule has 110 valence electrons. The molecule has 0 aromatic heterocycles. The van der Waals surface area contributed by atoms with Crippen LogP contribution in [-0.2, 0) is 0 Å². The van der Waals surface area contributed by atoms with Gasteiger partial charge in [-0.05, 0) is 18.2 Å². The molecular weight excluding hydrogens is 284 g/mol. The molecule has 0 amide bonds. The Morgan fingerprint density at radius 3 is 2.41 bits per heavy atom. The Morgan fingerprint density at radius 1 is 1.05 bits per heavy atom. The highest BCUT2D eigenvalue weighted by molar-refractivity contribution is 6.83. The van der Waals surface area contributed by atoms with Gasteiger partial charge in [-0.3, -0.25) is 0 Å². The zero-order valence-corrected chi connectivity index (χ0v) is 13.8. The molecule has 2 heteroatoms. The van der Waals surface area contributed by atoms with Gasteiger partial charge in [0.2, 0.25) is 0 Å². The molecule has 22 heavy (non-hydrogen) atoms. The number of aliphatic hydroxyl groups excluding tert-OH is 1. The molecule has 2 rings (SSSR count). The second-order valence-electron chi connectivity index (χ2n) is 5.76. The van der Waals surface area contributed by atoms with Crippen molar-refractivity contribution in [2.24, 2.45) is 0 Å². The smallest absolute Gasteiger partial charge is 0.140 e. The molecule has 1 atom stereocenters. The van der Waals surface area contributed by atoms with E-state index in [0.717, 1.165) is 0 Å². The maximum Gasteiger partial charge on any atom is 0.140 e. The maximum atomic E-state index is 10.4. The summed E-state index contributed by atoms with van der Waals surface area (Å²) in [5, 5.41) is 10.4. The third-order valence-corrected chi connectivity index (χ3v) is 3.56. The highest BCUT2D eigenvalue weighted by Gasteiger charge is 2.11. The highest BCUT2D eigenvalue weighted by atomic mass is 28.3. The lowest BCUT2D eigenvalue weighted by atomic mass is 10.0. The summed E-state index contributed by atoms with van der Waals surface area (Å²) < 4.78 is 38.9. The highest BCUT2D eigenvalue weighted by Crippen LogP contribution is 2.17. The van der Waals surface area contributed by atoms with E-state index < -0.39 is 32.3 Å². The summed E-state index contributed by atoms with van der Waals surface area (Å²) in [7, 11) is -1.64. The van der Waals surface area contributed by atoms with E-state index in [1.54, 1.807) is 24.3 Å². The van der Waals surface area contributed by atoms with Gasteiger partial charge in [0.1, 0.15) is 14.2 Å². The van der Waals surface area contributed by atoms with Crippen molar-refractivity contribution in [3.63, 3.8) is 0 Å². The number of benzene rings is 2. The SMILES string of the molecule is [2H]c1c([2H])c([2H])c(C#Cc2ccccc2C(O)C#C[Si](C)(C)C)c([2H])c1[2H]. The van der Waals surface area contributed by atoms with Gasteiger partial charge in [0.15, 0.2) is 0 Å². The summed E-state index contributed by atoms with van der Waals surface area (Å²) in [6.07, 6.45) is -0.998. The predicted molar refractivity (Wildman–Crippen MR) is 94.9 cm³/mol. The molecule has 2 aromatic carbocycles. The summed E-state index contributed by atoms with van der Waals surface area (Å²) in [5.41, 5.74) is 4.08. The average Bonchev–Trinajstić information content (AvgIpc) is 2.62. The first-order valence-electron chi connectivity index (χ1n) is 9.41. The van der Waals surface area contributed by atoms with Crippen LogP contribution in [0.15, 0.2) is 54.5 Å². The van der Waals surface area contributed by atoms with Gasteiger partial charge in [-0.15, -0.1) is 5.54 Å². The fourth-order valence-electron chi connectivity index (χ4n) is 1.65. The van der Waals surface area contributed by atoms with E-state index in [-0.39, 0.29) is 17.6 Å². The molecule has 0 bridgehead atoms. The van der Waals surface area contributed by atoms with Gasteiger partial charge in [-0.2, -0.15) is 0 Å². The Morgan fingerprint density at radius 2 is 1.73 bits per heavy atom. The van der Waals surface area contributed by atoms with E-state index in [2.05, 4.69) is 42.9 Å². The summed E-state index contributed by atoms with van der Waals surface area (Å²) >= 11 is 0. The molecule has 0 heterocycles. The van der Waals surface area contributed by atoms with Gasteiger partial charge in [-0.25, -0.2) is 0 Å². The van der Waals surface area contributed by atoms with Crippen molar-refractivity contribution in [3.05, 3.63) is 71.2 Å². The molecule has 0 saturated carbocycles.